The number of rotatable bonds is 7. The Morgan fingerprint density at radius 1 is 1.26 bits per heavy atom. The molecule has 5 nitrogen and oxygen atoms in total. The molecule has 2 N–H and O–H groups in total. The molecule has 0 bridgehead atoms. The second-order valence-electron chi connectivity index (χ2n) is 10.6. The Hall–Kier alpha value is -2.60. The van der Waals surface area contributed by atoms with Gasteiger partial charge in [0.1, 0.15) is 0 Å². The van der Waals surface area contributed by atoms with Crippen LogP contribution in [0.25, 0.3) is 16.5 Å². The van der Waals surface area contributed by atoms with Crippen molar-refractivity contribution in [2.24, 2.45) is 11.3 Å². The Labute approximate surface area is 202 Å². The molecule has 184 valence electrons. The zero-order valence-corrected chi connectivity index (χ0v) is 21.0. The van der Waals surface area contributed by atoms with E-state index in [4.69, 9.17) is 0 Å². The second kappa shape index (κ2) is 9.95. The molecule has 0 aliphatic heterocycles. The second-order valence-corrected chi connectivity index (χ2v) is 10.6. The van der Waals surface area contributed by atoms with E-state index in [-0.39, 0.29) is 17.9 Å². The Balaban J connectivity index is 1.56. The number of H-pyrrole nitrogens is 1. The van der Waals surface area contributed by atoms with E-state index in [0.717, 1.165) is 47.1 Å². The highest BCUT2D eigenvalue weighted by atomic mass is 19.3. The van der Waals surface area contributed by atoms with E-state index in [2.05, 4.69) is 53.9 Å². The van der Waals surface area contributed by atoms with Crippen molar-refractivity contribution < 1.29 is 14.3 Å². The Morgan fingerprint density at radius 2 is 2.00 bits per heavy atom. The fraction of sp³-hybridized carbons (Fsp3) is 0.536. The van der Waals surface area contributed by atoms with Gasteiger partial charge >= 0.3 is 0 Å². The summed E-state index contributed by atoms with van der Waals surface area (Å²) in [5.74, 6) is 0.0347. The number of amides is 1. The molecule has 0 atom stereocenters. The Kier molecular flexibility index (Phi) is 7.17. The number of allylic oxidation sites excluding steroid dienone is 3. The molecular weight excluding hydrogens is 429 g/mol. The Bertz CT molecular complexity index is 1090. The molecule has 1 aromatic heterocycles. The van der Waals surface area contributed by atoms with Gasteiger partial charge in [0.25, 0.3) is 0 Å². The van der Waals surface area contributed by atoms with Crippen molar-refractivity contribution in [1.29, 1.82) is 0 Å². The standard InChI is InChI=1S/C28H38FN3O2/c1-6-32(27(33)19-8-11-22(34-29)12-9-19)21-10-7-20-15-24(31-25(20)16-21)18(2)23-13-14-28(3,4)17-26(23)30-5/h7,10,15-16,19,22,30-31H,2,6,8-9,11-14,17H2,1,3-5H3. The lowest BCUT2D eigenvalue weighted by molar-refractivity contribution is -0.190. The summed E-state index contributed by atoms with van der Waals surface area (Å²) in [5.41, 5.74) is 6.81. The number of aromatic nitrogens is 1. The number of fused-ring (bicyclic) bond motifs is 1. The first-order valence-corrected chi connectivity index (χ1v) is 12.6. The van der Waals surface area contributed by atoms with Crippen LogP contribution in [0, 0.1) is 11.3 Å². The lowest BCUT2D eigenvalue weighted by atomic mass is 9.75. The third-order valence-electron chi connectivity index (χ3n) is 7.71. The van der Waals surface area contributed by atoms with Gasteiger partial charge in [-0.25, -0.2) is 0 Å². The quantitative estimate of drug-likeness (QED) is 0.478. The summed E-state index contributed by atoms with van der Waals surface area (Å²) in [5, 5.41) is 4.51. The van der Waals surface area contributed by atoms with E-state index in [0.29, 0.717) is 37.6 Å². The van der Waals surface area contributed by atoms with Crippen LogP contribution in [0.4, 0.5) is 10.2 Å². The summed E-state index contributed by atoms with van der Waals surface area (Å²) in [7, 11) is 1.99. The SMILES string of the molecule is C=C(C1=C(NC)CC(C)(C)CC1)c1cc2ccc(N(CC)C(=O)C3CCC(OF)CC3)cc2[nH]1. The third kappa shape index (κ3) is 4.92. The zero-order valence-electron chi connectivity index (χ0n) is 21.0. The first kappa shape index (κ1) is 24.5. The molecule has 0 saturated heterocycles. The first-order valence-electron chi connectivity index (χ1n) is 12.6. The molecule has 4 rings (SSSR count). The highest BCUT2D eigenvalue weighted by Crippen LogP contribution is 2.42. The zero-order chi connectivity index (χ0) is 24.5. The van der Waals surface area contributed by atoms with Crippen LogP contribution in [0.2, 0.25) is 0 Å². The maximum absolute atomic E-state index is 13.3. The normalized spacial score (nSPS) is 22.6. The third-order valence-corrected chi connectivity index (χ3v) is 7.71. The number of anilines is 1. The van der Waals surface area contributed by atoms with Crippen molar-refractivity contribution >= 4 is 28.1 Å². The van der Waals surface area contributed by atoms with Gasteiger partial charge in [-0.2, -0.15) is 4.94 Å². The van der Waals surface area contributed by atoms with Gasteiger partial charge in [0.2, 0.25) is 5.91 Å². The average Bonchev–Trinajstić information content (AvgIpc) is 3.27. The monoisotopic (exact) mass is 467 g/mol. The molecule has 2 aromatic rings. The number of carbonyl (C=O) groups excluding carboxylic acids is 1. The summed E-state index contributed by atoms with van der Waals surface area (Å²) in [6, 6.07) is 8.29. The molecule has 1 heterocycles. The summed E-state index contributed by atoms with van der Waals surface area (Å²) in [4.78, 5) is 22.6. The van der Waals surface area contributed by atoms with Crippen molar-refractivity contribution in [2.45, 2.75) is 71.8 Å². The van der Waals surface area contributed by atoms with Crippen LogP contribution in [-0.4, -0.2) is 30.6 Å². The highest BCUT2D eigenvalue weighted by molar-refractivity contribution is 5.98. The van der Waals surface area contributed by atoms with E-state index in [9.17, 15) is 9.32 Å². The molecule has 2 aliphatic rings. The topological polar surface area (TPSA) is 57.4 Å². The molecule has 34 heavy (non-hydrogen) atoms. The van der Waals surface area contributed by atoms with Gasteiger partial charge < -0.3 is 15.2 Å². The van der Waals surface area contributed by atoms with Crippen LogP contribution >= 0.6 is 0 Å². The van der Waals surface area contributed by atoms with Crippen molar-refractivity contribution in [3.63, 3.8) is 0 Å². The number of aromatic amines is 1. The maximum Gasteiger partial charge on any atom is 0.230 e. The van der Waals surface area contributed by atoms with E-state index in [1.54, 1.807) is 0 Å². The molecule has 1 fully saturated rings. The van der Waals surface area contributed by atoms with Crippen LogP contribution in [-0.2, 0) is 9.74 Å². The van der Waals surface area contributed by atoms with E-state index < -0.39 is 0 Å². The Morgan fingerprint density at radius 3 is 2.65 bits per heavy atom. The van der Waals surface area contributed by atoms with E-state index >= 15 is 0 Å². The number of halogens is 1. The van der Waals surface area contributed by atoms with Gasteiger partial charge in [0.05, 0.1) is 6.10 Å². The van der Waals surface area contributed by atoms with Gasteiger partial charge in [0.15, 0.2) is 0 Å². The number of nitrogens with zero attached hydrogens (tertiary/aromatic N) is 1. The molecule has 1 aromatic carbocycles. The lowest BCUT2D eigenvalue weighted by Crippen LogP contribution is -2.38. The molecule has 1 amide bonds. The predicted octanol–water partition coefficient (Wildman–Crippen LogP) is 6.68. The summed E-state index contributed by atoms with van der Waals surface area (Å²) in [6.45, 7) is 11.7. The highest BCUT2D eigenvalue weighted by Gasteiger charge is 2.31. The molecular formula is C28H38FN3O2. The summed E-state index contributed by atoms with van der Waals surface area (Å²) in [6.07, 6.45) is 5.32. The van der Waals surface area contributed by atoms with Gasteiger partial charge in [0, 0.05) is 47.5 Å². The smallest absolute Gasteiger partial charge is 0.230 e. The molecule has 0 unspecified atom stereocenters. The molecule has 6 heteroatoms. The van der Waals surface area contributed by atoms with Crippen LogP contribution in [0.5, 0.6) is 0 Å². The molecule has 2 aliphatic carbocycles. The van der Waals surface area contributed by atoms with Gasteiger partial charge in [-0.3, -0.25) is 4.79 Å². The first-order chi connectivity index (χ1) is 16.3. The van der Waals surface area contributed by atoms with Crippen LogP contribution < -0.4 is 10.2 Å². The van der Waals surface area contributed by atoms with Crippen LogP contribution in [0.15, 0.2) is 42.1 Å². The minimum absolute atomic E-state index is 0.0801. The maximum atomic E-state index is 13.3. The number of benzene rings is 1. The largest absolute Gasteiger partial charge is 0.391 e. The lowest BCUT2D eigenvalue weighted by Gasteiger charge is -2.33. The minimum Gasteiger partial charge on any atom is -0.391 e. The van der Waals surface area contributed by atoms with Crippen LogP contribution in [0.3, 0.4) is 0 Å². The number of nitrogens with one attached hydrogen (secondary N) is 2. The van der Waals surface area contributed by atoms with Crippen molar-refractivity contribution in [2.75, 3.05) is 18.5 Å². The van der Waals surface area contributed by atoms with Gasteiger partial charge in [-0.1, -0.05) is 26.5 Å². The average molecular weight is 468 g/mol. The molecule has 0 spiro atoms. The van der Waals surface area contributed by atoms with E-state index in [1.807, 2.05) is 24.9 Å². The number of hydrogen-bond donors (Lipinski definition) is 2. The summed E-state index contributed by atoms with van der Waals surface area (Å²) >= 11 is 0. The predicted molar refractivity (Wildman–Crippen MR) is 137 cm³/mol. The molecule has 1 saturated carbocycles. The fourth-order valence-corrected chi connectivity index (χ4v) is 5.55. The number of carbonyl (C=O) groups is 1. The fourth-order valence-electron chi connectivity index (χ4n) is 5.55. The van der Waals surface area contributed by atoms with Gasteiger partial charge in [-0.15, -0.1) is 0 Å². The molecule has 0 radical (unpaired) electrons. The van der Waals surface area contributed by atoms with Crippen molar-refractivity contribution in [1.82, 2.24) is 10.3 Å². The van der Waals surface area contributed by atoms with E-state index in [1.165, 1.54) is 11.3 Å². The number of hydrogen-bond acceptors (Lipinski definition) is 3. The summed E-state index contributed by atoms with van der Waals surface area (Å²) < 4.78 is 12.5. The van der Waals surface area contributed by atoms with Gasteiger partial charge in [-0.05, 0) is 91.2 Å². The van der Waals surface area contributed by atoms with Crippen molar-refractivity contribution in [3.8, 4) is 0 Å². The van der Waals surface area contributed by atoms with Crippen LogP contribution in [0.1, 0.15) is 71.4 Å². The minimum atomic E-state index is -0.366. The van der Waals surface area contributed by atoms with Crippen molar-refractivity contribution in [3.05, 3.63) is 47.8 Å².